The Morgan fingerprint density at radius 3 is 2.51 bits per heavy atom. The van der Waals surface area contributed by atoms with Gasteiger partial charge in [0.15, 0.2) is 0 Å². The number of aryl methyl sites for hydroxylation is 2. The lowest BCUT2D eigenvalue weighted by molar-refractivity contribution is -0.124. The molecule has 2 amide bonds. The topological polar surface area (TPSA) is 134 Å². The molecule has 178 valence electrons. The molecule has 1 aliphatic rings. The molecule has 2 aromatic carbocycles. The summed E-state index contributed by atoms with van der Waals surface area (Å²) in [4.78, 5) is 41.4. The molecule has 1 aliphatic carbocycles. The van der Waals surface area contributed by atoms with Crippen LogP contribution >= 0.6 is 0 Å². The van der Waals surface area contributed by atoms with E-state index in [9.17, 15) is 14.4 Å². The molecule has 0 unspecified atom stereocenters. The summed E-state index contributed by atoms with van der Waals surface area (Å²) in [6.07, 6.45) is 3.93. The summed E-state index contributed by atoms with van der Waals surface area (Å²) in [6.45, 7) is 2.05. The number of nitrogens with one attached hydrogen (secondary N) is 3. The van der Waals surface area contributed by atoms with E-state index in [0.29, 0.717) is 18.5 Å². The highest BCUT2D eigenvalue weighted by atomic mass is 16.2. The van der Waals surface area contributed by atoms with Crippen LogP contribution in [-0.4, -0.2) is 36.8 Å². The highest BCUT2D eigenvalue weighted by Crippen LogP contribution is 2.41. The van der Waals surface area contributed by atoms with Crippen LogP contribution in [0.5, 0.6) is 0 Å². The SMILES string of the molecule is Cc1ccc(CCC(=O)NC2(c3ccc(NC(=O)c4cc(=O)n5[nH]nnc5n4)cc3)CCC2)cc1. The Hall–Kier alpha value is -4.34. The van der Waals surface area contributed by atoms with Crippen molar-refractivity contribution < 1.29 is 9.59 Å². The molecule has 2 heterocycles. The predicted molar refractivity (Wildman–Crippen MR) is 129 cm³/mol. The summed E-state index contributed by atoms with van der Waals surface area (Å²) in [7, 11) is 0. The third-order valence-electron chi connectivity index (χ3n) is 6.46. The van der Waals surface area contributed by atoms with E-state index in [0.717, 1.165) is 41.0 Å². The minimum absolute atomic E-state index is 0.0167. The van der Waals surface area contributed by atoms with Gasteiger partial charge in [0.1, 0.15) is 5.69 Å². The van der Waals surface area contributed by atoms with Gasteiger partial charge >= 0.3 is 0 Å². The van der Waals surface area contributed by atoms with Gasteiger partial charge in [-0.05, 0) is 61.1 Å². The number of nitrogens with zero attached hydrogens (tertiary/aromatic N) is 4. The van der Waals surface area contributed by atoms with E-state index in [1.165, 1.54) is 5.56 Å². The van der Waals surface area contributed by atoms with Gasteiger partial charge in [-0.1, -0.05) is 47.1 Å². The van der Waals surface area contributed by atoms with Crippen molar-refractivity contribution in [1.29, 1.82) is 0 Å². The predicted octanol–water partition coefficient (Wildman–Crippen LogP) is 2.50. The number of rotatable bonds is 7. The van der Waals surface area contributed by atoms with Gasteiger partial charge in [-0.2, -0.15) is 9.73 Å². The van der Waals surface area contributed by atoms with Crippen LogP contribution in [0.2, 0.25) is 0 Å². The number of anilines is 1. The number of carbonyl (C=O) groups excluding carboxylic acids is 2. The number of carbonyl (C=O) groups is 2. The Bertz CT molecular complexity index is 1430. The van der Waals surface area contributed by atoms with Gasteiger partial charge in [0.05, 0.1) is 5.54 Å². The fraction of sp³-hybridized carbons (Fsp3) is 0.280. The second-order valence-electron chi connectivity index (χ2n) is 8.92. The van der Waals surface area contributed by atoms with Gasteiger partial charge in [0.2, 0.25) is 5.91 Å². The second kappa shape index (κ2) is 9.13. The van der Waals surface area contributed by atoms with Crippen molar-refractivity contribution in [2.45, 2.75) is 44.6 Å². The first kappa shape index (κ1) is 22.5. The second-order valence-corrected chi connectivity index (χ2v) is 8.92. The maximum atomic E-state index is 12.7. The lowest BCUT2D eigenvalue weighted by atomic mass is 9.71. The number of aromatic amines is 1. The van der Waals surface area contributed by atoms with Crippen LogP contribution < -0.4 is 16.2 Å². The molecule has 4 aromatic rings. The van der Waals surface area contributed by atoms with Crippen molar-refractivity contribution in [3.63, 3.8) is 0 Å². The van der Waals surface area contributed by atoms with E-state index in [2.05, 4.69) is 55.4 Å². The van der Waals surface area contributed by atoms with Gasteiger partial charge in [0, 0.05) is 18.2 Å². The van der Waals surface area contributed by atoms with Crippen molar-refractivity contribution in [2.75, 3.05) is 5.32 Å². The first-order chi connectivity index (χ1) is 16.9. The van der Waals surface area contributed by atoms with Gasteiger partial charge in [-0.25, -0.2) is 4.98 Å². The van der Waals surface area contributed by atoms with Crippen LogP contribution in [0.25, 0.3) is 5.78 Å². The third-order valence-corrected chi connectivity index (χ3v) is 6.46. The van der Waals surface area contributed by atoms with E-state index >= 15 is 0 Å². The summed E-state index contributed by atoms with van der Waals surface area (Å²) < 4.78 is 1.04. The largest absolute Gasteiger partial charge is 0.347 e. The highest BCUT2D eigenvalue weighted by Gasteiger charge is 2.39. The normalized spacial score (nSPS) is 14.3. The molecule has 0 bridgehead atoms. The lowest BCUT2D eigenvalue weighted by Crippen LogP contribution is -2.50. The van der Waals surface area contributed by atoms with E-state index in [4.69, 9.17) is 0 Å². The molecule has 10 heteroatoms. The smallest absolute Gasteiger partial charge is 0.276 e. The van der Waals surface area contributed by atoms with E-state index in [-0.39, 0.29) is 22.9 Å². The fourth-order valence-corrected chi connectivity index (χ4v) is 4.29. The highest BCUT2D eigenvalue weighted by molar-refractivity contribution is 6.03. The van der Waals surface area contributed by atoms with Crippen molar-refractivity contribution in [2.24, 2.45) is 0 Å². The number of amides is 2. The van der Waals surface area contributed by atoms with Crippen molar-refractivity contribution in [3.8, 4) is 0 Å². The van der Waals surface area contributed by atoms with Crippen molar-refractivity contribution in [1.82, 2.24) is 30.3 Å². The third kappa shape index (κ3) is 4.68. The Kier molecular flexibility index (Phi) is 5.86. The molecular weight excluding hydrogens is 446 g/mol. The van der Waals surface area contributed by atoms with Crippen LogP contribution in [0, 0.1) is 6.92 Å². The van der Waals surface area contributed by atoms with E-state index in [1.807, 2.05) is 19.1 Å². The quantitative estimate of drug-likeness (QED) is 0.379. The molecule has 0 atom stereocenters. The first-order valence-corrected chi connectivity index (χ1v) is 11.5. The van der Waals surface area contributed by atoms with E-state index in [1.54, 1.807) is 12.1 Å². The number of hydrogen-bond donors (Lipinski definition) is 3. The zero-order valence-corrected chi connectivity index (χ0v) is 19.2. The fourth-order valence-electron chi connectivity index (χ4n) is 4.29. The van der Waals surface area contributed by atoms with Crippen molar-refractivity contribution >= 4 is 23.3 Å². The molecule has 35 heavy (non-hydrogen) atoms. The minimum Gasteiger partial charge on any atom is -0.347 e. The number of fused-ring (bicyclic) bond motifs is 1. The molecule has 0 saturated heterocycles. The van der Waals surface area contributed by atoms with Gasteiger partial charge in [0.25, 0.3) is 17.2 Å². The average Bonchev–Trinajstić information content (AvgIpc) is 3.31. The molecule has 2 aromatic heterocycles. The van der Waals surface area contributed by atoms with Crippen molar-refractivity contribution in [3.05, 3.63) is 87.3 Å². The summed E-state index contributed by atoms with van der Waals surface area (Å²) in [6, 6.07) is 16.8. The summed E-state index contributed by atoms with van der Waals surface area (Å²) in [5.41, 5.74) is 3.00. The maximum Gasteiger partial charge on any atom is 0.276 e. The molecular formula is C25H25N7O3. The number of tetrazole rings is 1. The number of hydrogen-bond acceptors (Lipinski definition) is 6. The molecule has 5 rings (SSSR count). The molecule has 1 fully saturated rings. The molecule has 1 saturated carbocycles. The Morgan fingerprint density at radius 2 is 1.83 bits per heavy atom. The average molecular weight is 472 g/mol. The number of benzene rings is 2. The Labute approximate surface area is 200 Å². The molecule has 3 N–H and O–H groups in total. The first-order valence-electron chi connectivity index (χ1n) is 11.5. The minimum atomic E-state index is -0.525. The molecule has 0 aliphatic heterocycles. The lowest BCUT2D eigenvalue weighted by Gasteiger charge is -2.43. The van der Waals surface area contributed by atoms with Gasteiger partial charge < -0.3 is 10.6 Å². The monoisotopic (exact) mass is 471 g/mol. The summed E-state index contributed by atoms with van der Waals surface area (Å²) in [5, 5.41) is 15.6. The zero-order chi connectivity index (χ0) is 24.4. The summed E-state index contributed by atoms with van der Waals surface area (Å²) >= 11 is 0. The maximum absolute atomic E-state index is 12.7. The van der Waals surface area contributed by atoms with Crippen LogP contribution in [-0.2, 0) is 16.8 Å². The molecule has 0 radical (unpaired) electrons. The molecule has 0 spiro atoms. The number of H-pyrrole nitrogens is 1. The number of aromatic nitrogens is 5. The van der Waals surface area contributed by atoms with Gasteiger partial charge in [-0.3, -0.25) is 14.4 Å². The summed E-state index contributed by atoms with van der Waals surface area (Å²) in [5.74, 6) is -0.477. The Balaban J connectivity index is 1.23. The van der Waals surface area contributed by atoms with Crippen LogP contribution in [0.4, 0.5) is 5.69 Å². The van der Waals surface area contributed by atoms with Crippen LogP contribution in [0.3, 0.4) is 0 Å². The van der Waals surface area contributed by atoms with Crippen LogP contribution in [0.1, 0.15) is 52.9 Å². The van der Waals surface area contributed by atoms with Crippen LogP contribution in [0.15, 0.2) is 59.4 Å². The standard InChI is InChI=1S/C25H25N7O3/c1-16-3-5-17(6-4-16)7-12-21(33)28-25(13-2-14-25)18-8-10-19(11-9-18)26-23(35)20-15-22(34)32-24(27-20)29-30-31-32/h3-6,8-11,15H,2,7,12-14H2,1H3,(H,26,35)(H,28,33)(H,27,29,31). The van der Waals surface area contributed by atoms with E-state index < -0.39 is 11.5 Å². The van der Waals surface area contributed by atoms with Gasteiger partial charge in [-0.15, -0.1) is 0 Å². The zero-order valence-electron chi connectivity index (χ0n) is 19.2. The Morgan fingerprint density at radius 1 is 1.09 bits per heavy atom. The molecule has 10 nitrogen and oxygen atoms in total.